The predicted octanol–water partition coefficient (Wildman–Crippen LogP) is 2.10. The van der Waals surface area contributed by atoms with E-state index in [0.29, 0.717) is 25.1 Å². The van der Waals surface area contributed by atoms with Crippen molar-refractivity contribution >= 4 is 11.5 Å². The highest BCUT2D eigenvalue weighted by molar-refractivity contribution is 5.59. The van der Waals surface area contributed by atoms with Gasteiger partial charge in [0.05, 0.1) is 11.9 Å². The number of nitrogens with zero attached hydrogens (tertiary/aromatic N) is 4. The van der Waals surface area contributed by atoms with Crippen molar-refractivity contribution < 1.29 is 23.4 Å². The molecule has 0 saturated heterocycles. The summed E-state index contributed by atoms with van der Waals surface area (Å²) >= 11 is 0. The monoisotopic (exact) mass is 450 g/mol. The fourth-order valence-electron chi connectivity index (χ4n) is 3.26. The smallest absolute Gasteiger partial charge is 0.336 e. The van der Waals surface area contributed by atoms with E-state index in [1.165, 1.54) is 10.7 Å². The van der Waals surface area contributed by atoms with Gasteiger partial charge in [-0.15, -0.1) is 5.10 Å². The fourth-order valence-corrected chi connectivity index (χ4v) is 3.26. The summed E-state index contributed by atoms with van der Waals surface area (Å²) in [5, 5.41) is 16.4. The minimum Gasteiger partial charge on any atom is -0.492 e. The highest BCUT2D eigenvalue weighted by Gasteiger charge is 2.19. The van der Waals surface area contributed by atoms with Gasteiger partial charge in [-0.05, 0) is 13.5 Å². The number of nitrogens with two attached hydrogens (primary N) is 1. The number of likely N-dealkylation sites (N-methyl/N-ethyl adjacent to an activating group) is 1. The normalized spacial score (nSPS) is 12.3. The fraction of sp³-hybridized carbons (Fsp3) is 0.476. The SMILES string of the molecule is CCC[C@H](CCO)Oc1nc(N)c2ncc(Cc3c(F)cc(OCCNC)cc3F)n2n1. The van der Waals surface area contributed by atoms with Crippen LogP contribution in [0.4, 0.5) is 14.6 Å². The molecular weight excluding hydrogens is 422 g/mol. The number of aromatic nitrogens is 4. The van der Waals surface area contributed by atoms with Gasteiger partial charge in [-0.25, -0.2) is 18.3 Å². The Hall–Kier alpha value is -3.05. The minimum atomic E-state index is -0.733. The lowest BCUT2D eigenvalue weighted by molar-refractivity contribution is 0.133. The Morgan fingerprint density at radius 1 is 1.25 bits per heavy atom. The van der Waals surface area contributed by atoms with Crippen molar-refractivity contribution in [3.05, 3.63) is 41.2 Å². The number of fused-ring (bicyclic) bond motifs is 1. The topological polar surface area (TPSA) is 120 Å². The number of nitrogens with one attached hydrogen (secondary N) is 1. The van der Waals surface area contributed by atoms with Gasteiger partial charge >= 0.3 is 6.01 Å². The second-order valence-electron chi connectivity index (χ2n) is 7.30. The van der Waals surface area contributed by atoms with Crippen molar-refractivity contribution in [1.29, 1.82) is 0 Å². The van der Waals surface area contributed by atoms with E-state index in [0.717, 1.165) is 18.6 Å². The molecule has 174 valence electrons. The third-order valence-corrected chi connectivity index (χ3v) is 4.87. The van der Waals surface area contributed by atoms with Crippen LogP contribution < -0.4 is 20.5 Å². The second kappa shape index (κ2) is 11.0. The standard InChI is InChI=1S/C21H28F2N6O3/c1-3-4-14(5-7-30)32-21-27-19(24)20-26-12-13(29(20)28-21)9-16-17(22)10-15(11-18(16)23)31-8-6-25-2/h10-12,14,25,30H,3-9H2,1-2H3,(H2,24,27,28)/t14-/m1/s1. The lowest BCUT2D eigenvalue weighted by Gasteiger charge is -2.16. The molecule has 0 aliphatic rings. The molecule has 0 fully saturated rings. The van der Waals surface area contributed by atoms with Crippen LogP contribution >= 0.6 is 0 Å². The quantitative estimate of drug-likeness (QED) is 0.359. The molecule has 1 atom stereocenters. The molecular formula is C21H28F2N6O3. The third kappa shape index (κ3) is 5.60. The van der Waals surface area contributed by atoms with Crippen LogP contribution in [-0.2, 0) is 6.42 Å². The van der Waals surface area contributed by atoms with Crippen LogP contribution in [0.3, 0.4) is 0 Å². The molecule has 0 amide bonds. The predicted molar refractivity (Wildman–Crippen MR) is 115 cm³/mol. The summed E-state index contributed by atoms with van der Waals surface area (Å²) in [5.74, 6) is -1.27. The van der Waals surface area contributed by atoms with Gasteiger partial charge < -0.3 is 25.6 Å². The van der Waals surface area contributed by atoms with Crippen LogP contribution in [0.2, 0.25) is 0 Å². The number of hydrogen-bond donors (Lipinski definition) is 3. The van der Waals surface area contributed by atoms with E-state index in [1.54, 1.807) is 7.05 Å². The van der Waals surface area contributed by atoms with E-state index < -0.39 is 11.6 Å². The van der Waals surface area contributed by atoms with Gasteiger partial charge in [0.25, 0.3) is 0 Å². The first-order chi connectivity index (χ1) is 15.5. The van der Waals surface area contributed by atoms with Gasteiger partial charge in [0, 0.05) is 43.7 Å². The van der Waals surface area contributed by atoms with Crippen molar-refractivity contribution in [3.8, 4) is 11.8 Å². The highest BCUT2D eigenvalue weighted by atomic mass is 19.1. The molecule has 0 radical (unpaired) electrons. The summed E-state index contributed by atoms with van der Waals surface area (Å²) in [5.41, 5.74) is 6.52. The molecule has 0 aliphatic heterocycles. The number of aliphatic hydroxyl groups excluding tert-OH is 1. The summed E-state index contributed by atoms with van der Waals surface area (Å²) in [7, 11) is 1.76. The first-order valence-electron chi connectivity index (χ1n) is 10.5. The summed E-state index contributed by atoms with van der Waals surface area (Å²) in [6.45, 7) is 2.80. The van der Waals surface area contributed by atoms with Gasteiger partial charge in [0.15, 0.2) is 11.5 Å². The molecule has 3 rings (SSSR count). The number of benzene rings is 1. The molecule has 0 saturated carbocycles. The van der Waals surface area contributed by atoms with Crippen molar-refractivity contribution in [3.63, 3.8) is 0 Å². The Bertz CT molecular complexity index is 1020. The maximum atomic E-state index is 14.6. The number of anilines is 1. The molecule has 11 heteroatoms. The summed E-state index contributed by atoms with van der Waals surface area (Å²) in [4.78, 5) is 8.29. The van der Waals surface area contributed by atoms with Gasteiger partial charge in [0.2, 0.25) is 0 Å². The van der Waals surface area contributed by atoms with Gasteiger partial charge in [-0.1, -0.05) is 13.3 Å². The van der Waals surface area contributed by atoms with Crippen LogP contribution in [-0.4, -0.2) is 57.6 Å². The van der Waals surface area contributed by atoms with Crippen LogP contribution in [0.1, 0.15) is 37.4 Å². The molecule has 1 aromatic carbocycles. The first kappa shape index (κ1) is 23.6. The maximum Gasteiger partial charge on any atom is 0.336 e. The average Bonchev–Trinajstić information content (AvgIpc) is 3.14. The van der Waals surface area contributed by atoms with Crippen molar-refractivity contribution in [2.45, 2.75) is 38.7 Å². The van der Waals surface area contributed by atoms with Crippen LogP contribution in [0.5, 0.6) is 11.8 Å². The van der Waals surface area contributed by atoms with E-state index in [1.807, 2.05) is 6.92 Å². The molecule has 2 aromatic heterocycles. The lowest BCUT2D eigenvalue weighted by atomic mass is 10.1. The highest BCUT2D eigenvalue weighted by Crippen LogP contribution is 2.24. The maximum absolute atomic E-state index is 14.6. The Morgan fingerprint density at radius 2 is 2.00 bits per heavy atom. The molecule has 0 spiro atoms. The second-order valence-corrected chi connectivity index (χ2v) is 7.30. The number of rotatable bonds is 12. The molecule has 4 N–H and O–H groups in total. The molecule has 0 unspecified atom stereocenters. The molecule has 0 bridgehead atoms. The molecule has 3 aromatic rings. The van der Waals surface area contributed by atoms with Crippen LogP contribution in [0, 0.1) is 11.6 Å². The lowest BCUT2D eigenvalue weighted by Crippen LogP contribution is -2.20. The number of halogens is 2. The summed E-state index contributed by atoms with van der Waals surface area (Å²) in [6.07, 6.45) is 3.03. The largest absolute Gasteiger partial charge is 0.492 e. The van der Waals surface area contributed by atoms with E-state index in [2.05, 4.69) is 20.4 Å². The molecule has 2 heterocycles. The van der Waals surface area contributed by atoms with E-state index in [4.69, 9.17) is 15.2 Å². The van der Waals surface area contributed by atoms with Crippen molar-refractivity contribution in [1.82, 2.24) is 24.9 Å². The molecule has 32 heavy (non-hydrogen) atoms. The first-order valence-corrected chi connectivity index (χ1v) is 10.5. The van der Waals surface area contributed by atoms with Gasteiger partial charge in [-0.2, -0.15) is 4.98 Å². The van der Waals surface area contributed by atoms with Crippen LogP contribution in [0.25, 0.3) is 5.65 Å². The molecule has 0 aliphatic carbocycles. The number of nitrogen functional groups attached to an aromatic ring is 1. The third-order valence-electron chi connectivity index (χ3n) is 4.87. The Morgan fingerprint density at radius 3 is 2.66 bits per heavy atom. The van der Waals surface area contributed by atoms with Gasteiger partial charge in [0.1, 0.15) is 30.1 Å². The molecule has 9 nitrogen and oxygen atoms in total. The zero-order valence-electron chi connectivity index (χ0n) is 18.1. The number of hydrogen-bond acceptors (Lipinski definition) is 8. The Kier molecular flexibility index (Phi) is 8.12. The van der Waals surface area contributed by atoms with Crippen LogP contribution in [0.15, 0.2) is 18.3 Å². The Balaban J connectivity index is 1.87. The summed E-state index contributed by atoms with van der Waals surface area (Å²) in [6, 6.07) is 2.31. The van der Waals surface area contributed by atoms with E-state index in [-0.39, 0.29) is 54.5 Å². The number of ether oxygens (including phenoxy) is 2. The average molecular weight is 450 g/mol. The van der Waals surface area contributed by atoms with Crippen molar-refractivity contribution in [2.24, 2.45) is 0 Å². The number of imidazole rings is 1. The number of aliphatic hydroxyl groups is 1. The zero-order chi connectivity index (χ0) is 23.1. The zero-order valence-corrected chi connectivity index (χ0v) is 18.1. The van der Waals surface area contributed by atoms with Gasteiger partial charge in [-0.3, -0.25) is 0 Å². The van der Waals surface area contributed by atoms with E-state index in [9.17, 15) is 13.9 Å². The minimum absolute atomic E-state index is 0.00961. The summed E-state index contributed by atoms with van der Waals surface area (Å²) < 4.78 is 41.8. The Labute approximate surface area is 184 Å². The van der Waals surface area contributed by atoms with E-state index >= 15 is 0 Å². The van der Waals surface area contributed by atoms with Crippen molar-refractivity contribution in [2.75, 3.05) is 32.5 Å².